The molecule has 0 unspecified atom stereocenters. The quantitative estimate of drug-likeness (QED) is 0.219. The van der Waals surface area contributed by atoms with Crippen LogP contribution in [0.3, 0.4) is 0 Å². The van der Waals surface area contributed by atoms with E-state index < -0.39 is 11.8 Å². The second-order valence-electron chi connectivity index (χ2n) is 6.72. The monoisotopic (exact) mass is 539 g/mol. The fraction of sp³-hybridized carbons (Fsp3) is 0.0870. The van der Waals surface area contributed by atoms with Gasteiger partial charge in [-0.15, -0.1) is 0 Å². The number of amides is 2. The number of nitrogens with zero attached hydrogens (tertiary/aromatic N) is 1. The van der Waals surface area contributed by atoms with Gasteiger partial charge in [-0.3, -0.25) is 9.59 Å². The van der Waals surface area contributed by atoms with Crippen molar-refractivity contribution >= 4 is 70.1 Å². The average Bonchev–Trinajstić information content (AvgIpc) is 2.81. The van der Waals surface area contributed by atoms with Crippen LogP contribution in [-0.4, -0.2) is 25.1 Å². The van der Waals surface area contributed by atoms with Gasteiger partial charge in [0.1, 0.15) is 18.1 Å². The fourth-order valence-corrected chi connectivity index (χ4v) is 3.48. The number of nitrogens with one attached hydrogen (secondary N) is 2. The summed E-state index contributed by atoms with van der Waals surface area (Å²) >= 11 is 23.8. The summed E-state index contributed by atoms with van der Waals surface area (Å²) in [4.78, 5) is 24.0. The van der Waals surface area contributed by atoms with Crippen LogP contribution in [0.15, 0.2) is 59.7 Å². The van der Waals surface area contributed by atoms with Crippen LogP contribution >= 0.6 is 46.4 Å². The highest BCUT2D eigenvalue weighted by atomic mass is 35.5. The Morgan fingerprint density at radius 2 is 1.65 bits per heavy atom. The van der Waals surface area contributed by atoms with Gasteiger partial charge in [-0.25, -0.2) is 5.43 Å². The fourth-order valence-electron chi connectivity index (χ4n) is 2.72. The molecule has 7 nitrogen and oxygen atoms in total. The van der Waals surface area contributed by atoms with Gasteiger partial charge >= 0.3 is 11.8 Å². The first-order valence-electron chi connectivity index (χ1n) is 9.61. The van der Waals surface area contributed by atoms with Crippen LogP contribution in [0.5, 0.6) is 11.5 Å². The third-order valence-electron chi connectivity index (χ3n) is 4.34. The highest BCUT2D eigenvalue weighted by Crippen LogP contribution is 2.29. The third kappa shape index (κ3) is 7.01. The van der Waals surface area contributed by atoms with Crippen LogP contribution in [0.1, 0.15) is 11.1 Å². The molecule has 11 heteroatoms. The van der Waals surface area contributed by atoms with Crippen molar-refractivity contribution in [2.24, 2.45) is 5.10 Å². The van der Waals surface area contributed by atoms with Crippen molar-refractivity contribution < 1.29 is 19.1 Å². The molecule has 3 aromatic rings. The first-order chi connectivity index (χ1) is 16.3. The van der Waals surface area contributed by atoms with Crippen molar-refractivity contribution in [3.05, 3.63) is 85.8 Å². The zero-order valence-electron chi connectivity index (χ0n) is 17.6. The Labute approximate surface area is 215 Å². The maximum Gasteiger partial charge on any atom is 0.329 e. The largest absolute Gasteiger partial charge is 0.496 e. The first kappa shape index (κ1) is 25.6. The predicted molar refractivity (Wildman–Crippen MR) is 135 cm³/mol. The van der Waals surface area contributed by atoms with Gasteiger partial charge < -0.3 is 14.8 Å². The van der Waals surface area contributed by atoms with Gasteiger partial charge in [0.2, 0.25) is 0 Å². The van der Waals surface area contributed by atoms with Crippen molar-refractivity contribution in [1.82, 2.24) is 5.43 Å². The third-order valence-corrected chi connectivity index (χ3v) is 5.61. The van der Waals surface area contributed by atoms with E-state index in [-0.39, 0.29) is 11.6 Å². The lowest BCUT2D eigenvalue weighted by atomic mass is 10.1. The Morgan fingerprint density at radius 1 is 0.882 bits per heavy atom. The van der Waals surface area contributed by atoms with Gasteiger partial charge in [0, 0.05) is 16.3 Å². The molecular weight excluding hydrogens is 524 g/mol. The molecule has 34 heavy (non-hydrogen) atoms. The lowest BCUT2D eigenvalue weighted by Crippen LogP contribution is -2.32. The summed E-state index contributed by atoms with van der Waals surface area (Å²) in [5.74, 6) is -0.823. The molecule has 0 spiro atoms. The summed E-state index contributed by atoms with van der Waals surface area (Å²) in [5, 5.41) is 7.68. The molecule has 176 valence electrons. The van der Waals surface area contributed by atoms with Crippen LogP contribution in [0, 0.1) is 0 Å². The zero-order valence-corrected chi connectivity index (χ0v) is 20.6. The molecule has 2 amide bonds. The summed E-state index contributed by atoms with van der Waals surface area (Å²) < 4.78 is 11.1. The molecule has 0 atom stereocenters. The van der Waals surface area contributed by atoms with E-state index in [9.17, 15) is 9.59 Å². The normalized spacial score (nSPS) is 10.7. The number of halogens is 4. The Kier molecular flexibility index (Phi) is 9.01. The summed E-state index contributed by atoms with van der Waals surface area (Å²) in [6.45, 7) is 0.157. The van der Waals surface area contributed by atoms with Gasteiger partial charge in [0.25, 0.3) is 0 Å². The Hall–Kier alpha value is -2.97. The Balaban J connectivity index is 1.61. The van der Waals surface area contributed by atoms with Gasteiger partial charge in [0.15, 0.2) is 0 Å². The molecule has 0 heterocycles. The number of rotatable bonds is 7. The molecular formula is C23H17Cl4N3O4. The molecule has 0 aliphatic heterocycles. The highest BCUT2D eigenvalue weighted by molar-refractivity contribution is 6.43. The van der Waals surface area contributed by atoms with Crippen molar-refractivity contribution in [2.75, 3.05) is 12.4 Å². The van der Waals surface area contributed by atoms with Crippen LogP contribution in [-0.2, 0) is 16.2 Å². The zero-order chi connectivity index (χ0) is 24.7. The number of benzene rings is 3. The van der Waals surface area contributed by atoms with E-state index >= 15 is 0 Å². The minimum absolute atomic E-state index is 0.157. The topological polar surface area (TPSA) is 89.0 Å². The summed E-state index contributed by atoms with van der Waals surface area (Å²) in [6.07, 6.45) is 1.38. The van der Waals surface area contributed by atoms with Crippen LogP contribution in [0.4, 0.5) is 5.69 Å². The first-order valence-corrected chi connectivity index (χ1v) is 11.1. The van der Waals surface area contributed by atoms with E-state index in [1.807, 2.05) is 0 Å². The minimum Gasteiger partial charge on any atom is -0.496 e. The van der Waals surface area contributed by atoms with Crippen molar-refractivity contribution in [3.8, 4) is 11.5 Å². The molecule has 3 aromatic carbocycles. The van der Waals surface area contributed by atoms with E-state index in [4.69, 9.17) is 55.9 Å². The Morgan fingerprint density at radius 3 is 2.35 bits per heavy atom. The molecule has 0 aliphatic rings. The van der Waals surface area contributed by atoms with Crippen molar-refractivity contribution in [2.45, 2.75) is 6.61 Å². The average molecular weight is 541 g/mol. The minimum atomic E-state index is -0.961. The van der Waals surface area contributed by atoms with Gasteiger partial charge in [-0.1, -0.05) is 46.4 Å². The number of hydrazone groups is 1. The maximum atomic E-state index is 12.0. The summed E-state index contributed by atoms with van der Waals surface area (Å²) in [6, 6.07) is 14.6. The number of carbonyl (C=O) groups excluding carboxylic acids is 2. The van der Waals surface area contributed by atoms with Crippen LogP contribution in [0.25, 0.3) is 0 Å². The molecule has 0 saturated carbocycles. The maximum absolute atomic E-state index is 12.0. The van der Waals surface area contributed by atoms with Crippen LogP contribution in [0.2, 0.25) is 20.1 Å². The molecule has 3 rings (SSSR count). The van der Waals surface area contributed by atoms with E-state index in [1.54, 1.807) is 36.4 Å². The number of hydrogen-bond acceptors (Lipinski definition) is 5. The number of methoxy groups -OCH3 is 1. The number of carbonyl (C=O) groups is 2. The summed E-state index contributed by atoms with van der Waals surface area (Å²) in [5.41, 5.74) is 3.82. The van der Waals surface area contributed by atoms with Crippen molar-refractivity contribution in [3.63, 3.8) is 0 Å². The number of ether oxygens (including phenoxy) is 2. The smallest absolute Gasteiger partial charge is 0.329 e. The molecule has 0 fully saturated rings. The molecule has 0 bridgehead atoms. The molecule has 0 saturated heterocycles. The highest BCUT2D eigenvalue weighted by Gasteiger charge is 2.14. The van der Waals surface area contributed by atoms with Gasteiger partial charge in [-0.2, -0.15) is 5.10 Å². The number of hydrogen-bond donors (Lipinski definition) is 2. The summed E-state index contributed by atoms with van der Waals surface area (Å²) in [7, 11) is 1.54. The van der Waals surface area contributed by atoms with Gasteiger partial charge in [0.05, 0.1) is 28.4 Å². The molecule has 2 N–H and O–H groups in total. The molecule has 0 radical (unpaired) electrons. The second-order valence-corrected chi connectivity index (χ2v) is 8.37. The number of anilines is 1. The molecule has 0 aliphatic carbocycles. The Bertz CT molecular complexity index is 1250. The second kappa shape index (κ2) is 11.9. The van der Waals surface area contributed by atoms with Crippen molar-refractivity contribution in [1.29, 1.82) is 0 Å². The molecule has 0 aromatic heterocycles. The predicted octanol–water partition coefficient (Wildman–Crippen LogP) is 5.98. The van der Waals surface area contributed by atoms with E-state index in [1.165, 1.54) is 31.5 Å². The van der Waals surface area contributed by atoms with E-state index in [0.717, 1.165) is 0 Å². The lowest BCUT2D eigenvalue weighted by molar-refractivity contribution is -0.136. The van der Waals surface area contributed by atoms with Gasteiger partial charge in [-0.05, 0) is 60.2 Å². The van der Waals surface area contributed by atoms with E-state index in [0.29, 0.717) is 43.4 Å². The SMILES string of the molecule is COc1ccc(/C=N/NC(=O)C(=O)Nc2ccc(Cl)c(Cl)c2)cc1COc1ccc(Cl)cc1Cl. The van der Waals surface area contributed by atoms with Crippen LogP contribution < -0.4 is 20.2 Å². The lowest BCUT2D eigenvalue weighted by Gasteiger charge is -2.12. The standard InChI is InChI=1S/C23H17Cl4N3O4/c1-33-20-6-2-13(8-14(20)12-34-21-7-3-15(24)9-19(21)27)11-28-30-23(32)22(31)29-16-4-5-17(25)18(26)10-16/h2-11H,12H2,1H3,(H,29,31)(H,30,32)/b28-11+. The van der Waals surface area contributed by atoms with E-state index in [2.05, 4.69) is 15.8 Å².